The predicted molar refractivity (Wildman–Crippen MR) is 74.6 cm³/mol. The van der Waals surface area contributed by atoms with E-state index < -0.39 is 5.92 Å². The van der Waals surface area contributed by atoms with Crippen LogP contribution in [0.25, 0.3) is 0 Å². The summed E-state index contributed by atoms with van der Waals surface area (Å²) < 4.78 is 6.51. The van der Waals surface area contributed by atoms with E-state index in [0.29, 0.717) is 5.69 Å². The molecule has 1 aromatic heterocycles. The van der Waals surface area contributed by atoms with Gasteiger partial charge in [-0.1, -0.05) is 30.3 Å². The third-order valence-electron chi connectivity index (χ3n) is 3.01. The first-order valence-electron chi connectivity index (χ1n) is 6.22. The SMILES string of the molecule is COc1nc(C)cc(=O)n1CC(C#N)c1ccccc1. The van der Waals surface area contributed by atoms with Crippen molar-refractivity contribution < 1.29 is 4.74 Å². The molecule has 5 nitrogen and oxygen atoms in total. The first-order chi connectivity index (χ1) is 9.65. The number of rotatable bonds is 4. The van der Waals surface area contributed by atoms with Crippen LogP contribution < -0.4 is 10.3 Å². The van der Waals surface area contributed by atoms with Crippen LogP contribution in [0.3, 0.4) is 0 Å². The van der Waals surface area contributed by atoms with Gasteiger partial charge < -0.3 is 4.74 Å². The molecule has 0 spiro atoms. The quantitative estimate of drug-likeness (QED) is 0.849. The molecular weight excluding hydrogens is 254 g/mol. The van der Waals surface area contributed by atoms with Crippen LogP contribution in [-0.4, -0.2) is 16.7 Å². The number of nitriles is 1. The molecule has 0 radical (unpaired) electrons. The summed E-state index contributed by atoms with van der Waals surface area (Å²) in [6.07, 6.45) is 0. The molecule has 0 amide bonds. The van der Waals surface area contributed by atoms with Crippen molar-refractivity contribution in [2.75, 3.05) is 7.11 Å². The second-order valence-electron chi connectivity index (χ2n) is 4.43. The molecule has 0 aliphatic rings. The lowest BCUT2D eigenvalue weighted by molar-refractivity contribution is 0.341. The summed E-state index contributed by atoms with van der Waals surface area (Å²) in [5.41, 5.74) is 1.24. The molecule has 0 N–H and O–H groups in total. The maximum Gasteiger partial charge on any atom is 0.299 e. The number of hydrogen-bond acceptors (Lipinski definition) is 4. The van der Waals surface area contributed by atoms with Gasteiger partial charge in [0.05, 0.1) is 25.6 Å². The van der Waals surface area contributed by atoms with E-state index >= 15 is 0 Å². The fourth-order valence-electron chi connectivity index (χ4n) is 2.01. The summed E-state index contributed by atoms with van der Waals surface area (Å²) in [6, 6.07) is 13.2. The zero-order valence-electron chi connectivity index (χ0n) is 11.4. The minimum absolute atomic E-state index is 0.217. The summed E-state index contributed by atoms with van der Waals surface area (Å²) >= 11 is 0. The number of methoxy groups -OCH3 is 1. The monoisotopic (exact) mass is 269 g/mol. The van der Waals surface area contributed by atoms with E-state index in [1.54, 1.807) is 6.92 Å². The molecule has 0 fully saturated rings. The number of hydrogen-bond donors (Lipinski definition) is 0. The Balaban J connectivity index is 2.39. The average molecular weight is 269 g/mol. The minimum Gasteiger partial charge on any atom is -0.468 e. The molecule has 0 saturated heterocycles. The Morgan fingerprint density at radius 2 is 2.10 bits per heavy atom. The normalized spacial score (nSPS) is 11.7. The van der Waals surface area contributed by atoms with Crippen LogP contribution in [-0.2, 0) is 6.54 Å². The van der Waals surface area contributed by atoms with Crippen LogP contribution in [0.1, 0.15) is 17.2 Å². The fraction of sp³-hybridized carbons (Fsp3) is 0.267. The molecule has 1 heterocycles. The second kappa shape index (κ2) is 6.02. The van der Waals surface area contributed by atoms with Gasteiger partial charge in [-0.3, -0.25) is 9.36 Å². The molecule has 102 valence electrons. The smallest absolute Gasteiger partial charge is 0.299 e. The molecule has 0 saturated carbocycles. The summed E-state index contributed by atoms with van der Waals surface area (Å²) in [4.78, 5) is 16.2. The van der Waals surface area contributed by atoms with Gasteiger partial charge >= 0.3 is 0 Å². The Hall–Kier alpha value is -2.61. The van der Waals surface area contributed by atoms with Crippen LogP contribution in [0.15, 0.2) is 41.2 Å². The lowest BCUT2D eigenvalue weighted by Crippen LogP contribution is -2.25. The highest BCUT2D eigenvalue weighted by Gasteiger charge is 2.15. The second-order valence-corrected chi connectivity index (χ2v) is 4.43. The number of ether oxygens (including phenoxy) is 1. The third kappa shape index (κ3) is 2.86. The number of aromatic nitrogens is 2. The molecule has 0 aliphatic heterocycles. The van der Waals surface area contributed by atoms with Crippen LogP contribution in [0.2, 0.25) is 0 Å². The van der Waals surface area contributed by atoms with E-state index in [1.807, 2.05) is 30.3 Å². The van der Waals surface area contributed by atoms with Crippen molar-refractivity contribution in [3.63, 3.8) is 0 Å². The van der Waals surface area contributed by atoms with Crippen molar-refractivity contribution in [1.29, 1.82) is 5.26 Å². The van der Waals surface area contributed by atoms with Gasteiger partial charge in [-0.25, -0.2) is 4.98 Å². The van der Waals surface area contributed by atoms with Crippen molar-refractivity contribution in [1.82, 2.24) is 9.55 Å². The van der Waals surface area contributed by atoms with Gasteiger partial charge in [-0.05, 0) is 12.5 Å². The topological polar surface area (TPSA) is 67.9 Å². The fourth-order valence-corrected chi connectivity index (χ4v) is 2.01. The highest BCUT2D eigenvalue weighted by Crippen LogP contribution is 2.18. The summed E-state index contributed by atoms with van der Waals surface area (Å²) in [6.45, 7) is 1.95. The largest absolute Gasteiger partial charge is 0.468 e. The van der Waals surface area contributed by atoms with Crippen LogP contribution >= 0.6 is 0 Å². The Kier molecular flexibility index (Phi) is 4.16. The van der Waals surface area contributed by atoms with Gasteiger partial charge in [-0.2, -0.15) is 5.26 Å². The standard InChI is InChI=1S/C15H15N3O2/c1-11-8-14(19)18(15(17-11)20-2)10-13(9-16)12-6-4-3-5-7-12/h3-8,13H,10H2,1-2H3. The molecule has 2 aromatic rings. The van der Waals surface area contributed by atoms with E-state index in [-0.39, 0.29) is 18.1 Å². The van der Waals surface area contributed by atoms with Crippen LogP contribution in [0.5, 0.6) is 6.01 Å². The highest BCUT2D eigenvalue weighted by molar-refractivity contribution is 5.25. The van der Waals surface area contributed by atoms with Gasteiger partial charge in [-0.15, -0.1) is 0 Å². The third-order valence-corrected chi connectivity index (χ3v) is 3.01. The molecule has 2 rings (SSSR count). The number of aryl methyl sites for hydroxylation is 1. The van der Waals surface area contributed by atoms with E-state index in [4.69, 9.17) is 4.74 Å². The molecule has 1 aromatic carbocycles. The Morgan fingerprint density at radius 3 is 2.70 bits per heavy atom. The van der Waals surface area contributed by atoms with Gasteiger partial charge in [0.2, 0.25) is 0 Å². The van der Waals surface area contributed by atoms with E-state index in [1.165, 1.54) is 17.7 Å². The Bertz CT molecular complexity index is 687. The highest BCUT2D eigenvalue weighted by atomic mass is 16.5. The number of nitrogens with zero attached hydrogens (tertiary/aromatic N) is 3. The predicted octanol–water partition coefficient (Wildman–Crippen LogP) is 1.87. The maximum atomic E-state index is 12.0. The minimum atomic E-state index is -0.424. The first kappa shape index (κ1) is 13.8. The molecule has 0 aliphatic carbocycles. The van der Waals surface area contributed by atoms with Crippen molar-refractivity contribution in [2.45, 2.75) is 19.4 Å². The molecule has 1 atom stereocenters. The lowest BCUT2D eigenvalue weighted by atomic mass is 10.0. The molecule has 20 heavy (non-hydrogen) atoms. The first-order valence-corrected chi connectivity index (χ1v) is 6.22. The van der Waals surface area contributed by atoms with Gasteiger partial charge in [0, 0.05) is 11.8 Å². The van der Waals surface area contributed by atoms with E-state index in [9.17, 15) is 10.1 Å². The molecule has 5 heteroatoms. The molecule has 0 bridgehead atoms. The van der Waals surface area contributed by atoms with Crippen molar-refractivity contribution in [3.8, 4) is 12.1 Å². The van der Waals surface area contributed by atoms with E-state index in [2.05, 4.69) is 11.1 Å². The lowest BCUT2D eigenvalue weighted by Gasteiger charge is -2.14. The Morgan fingerprint density at radius 1 is 1.40 bits per heavy atom. The van der Waals surface area contributed by atoms with Gasteiger partial charge in [0.25, 0.3) is 11.6 Å². The van der Waals surface area contributed by atoms with Crippen molar-refractivity contribution in [2.24, 2.45) is 0 Å². The maximum absolute atomic E-state index is 12.0. The molecule has 1 unspecified atom stereocenters. The van der Waals surface area contributed by atoms with Crippen LogP contribution in [0.4, 0.5) is 0 Å². The van der Waals surface area contributed by atoms with Crippen LogP contribution in [0, 0.1) is 18.3 Å². The zero-order valence-corrected chi connectivity index (χ0v) is 11.4. The van der Waals surface area contributed by atoms with E-state index in [0.717, 1.165) is 5.56 Å². The van der Waals surface area contributed by atoms with Gasteiger partial charge in [0.1, 0.15) is 0 Å². The zero-order chi connectivity index (χ0) is 14.5. The summed E-state index contributed by atoms with van der Waals surface area (Å²) in [5, 5.41) is 9.32. The number of benzene rings is 1. The van der Waals surface area contributed by atoms with Crippen molar-refractivity contribution in [3.05, 3.63) is 58.0 Å². The van der Waals surface area contributed by atoms with Gasteiger partial charge in [0.15, 0.2) is 0 Å². The van der Waals surface area contributed by atoms with Crippen molar-refractivity contribution >= 4 is 0 Å². The Labute approximate surface area is 117 Å². The summed E-state index contributed by atoms with van der Waals surface area (Å²) in [5.74, 6) is -0.424. The average Bonchev–Trinajstić information content (AvgIpc) is 2.46. The molecular formula is C15H15N3O2. The summed E-state index contributed by atoms with van der Waals surface area (Å²) in [7, 11) is 1.46.